The Bertz CT molecular complexity index is 927. The van der Waals surface area contributed by atoms with Crippen molar-refractivity contribution in [1.82, 2.24) is 0 Å². The van der Waals surface area contributed by atoms with Gasteiger partial charge < -0.3 is 53.1 Å². The van der Waals surface area contributed by atoms with Crippen molar-refractivity contribution in [2.24, 2.45) is 0 Å². The zero-order valence-corrected chi connectivity index (χ0v) is 38.0. The molecule has 0 fully saturated rings. The predicted molar refractivity (Wildman–Crippen MR) is 214 cm³/mol. The zero-order valence-electron chi connectivity index (χ0n) is 34.0. The first-order chi connectivity index (χ1) is 25.1. The molecule has 0 N–H and O–H groups in total. The summed E-state index contributed by atoms with van der Waals surface area (Å²) < 4.78 is 71.7. The summed E-state index contributed by atoms with van der Waals surface area (Å²) in [5, 5.41) is 3.72. The highest BCUT2D eigenvalue weighted by Gasteiger charge is 2.48. The highest BCUT2D eigenvalue weighted by atomic mass is 28.4. The molecule has 12 nitrogen and oxygen atoms in total. The molecular weight excluding hydrogens is 737 g/mol. The first kappa shape index (κ1) is 48.8. The van der Waals surface area contributed by atoms with Gasteiger partial charge in [-0.05, 0) is 83.1 Å². The number of hydrogen-bond donors (Lipinski definition) is 0. The Balaban J connectivity index is 0.000000520. The summed E-state index contributed by atoms with van der Waals surface area (Å²) in [6.45, 7) is 29.8. The molecule has 2 rings (SSSR count). The molecule has 0 radical (unpaired) electrons. The minimum atomic E-state index is -2.92. The van der Waals surface area contributed by atoms with Crippen LogP contribution >= 0.6 is 0 Å². The summed E-state index contributed by atoms with van der Waals surface area (Å²) in [4.78, 5) is 0. The Morgan fingerprint density at radius 3 is 0.404 bits per heavy atom. The molecule has 0 aromatic heterocycles. The molecule has 0 bridgehead atoms. The molecule has 0 spiro atoms. The van der Waals surface area contributed by atoms with E-state index in [9.17, 15) is 0 Å². The Labute approximate surface area is 319 Å². The minimum absolute atomic E-state index is 0.531. The van der Waals surface area contributed by atoms with E-state index in [2.05, 4.69) is 0 Å². The van der Waals surface area contributed by atoms with E-state index in [4.69, 9.17) is 53.1 Å². The fourth-order valence-corrected chi connectivity index (χ4v) is 15.4. The van der Waals surface area contributed by atoms with Gasteiger partial charge in [0.15, 0.2) is 0 Å². The van der Waals surface area contributed by atoms with E-state index in [-0.39, 0.29) is 0 Å². The minimum Gasteiger partial charge on any atom is -0.370 e. The highest BCUT2D eigenvalue weighted by Crippen LogP contribution is 2.16. The normalized spacial score (nSPS) is 12.5. The lowest BCUT2D eigenvalue weighted by Gasteiger charge is -2.30. The maximum atomic E-state index is 5.98. The maximum Gasteiger partial charge on any atom is 0.537 e. The fraction of sp³-hybridized carbons (Fsp3) is 0.667. The van der Waals surface area contributed by atoms with Gasteiger partial charge in [-0.3, -0.25) is 0 Å². The van der Waals surface area contributed by atoms with Gasteiger partial charge in [0, 0.05) is 100 Å². The van der Waals surface area contributed by atoms with Crippen LogP contribution in [-0.2, 0) is 53.1 Å². The zero-order chi connectivity index (χ0) is 38.9. The number of hydrogen-bond acceptors (Lipinski definition) is 12. The van der Waals surface area contributed by atoms with Gasteiger partial charge in [0.1, 0.15) is 0 Å². The number of rotatable bonds is 28. The van der Waals surface area contributed by atoms with Crippen molar-refractivity contribution in [3.8, 4) is 0 Å². The van der Waals surface area contributed by atoms with Crippen LogP contribution in [0.4, 0.5) is 0 Å². The first-order valence-electron chi connectivity index (χ1n) is 19.0. The molecule has 52 heavy (non-hydrogen) atoms. The van der Waals surface area contributed by atoms with Crippen molar-refractivity contribution in [2.45, 2.75) is 83.1 Å². The van der Waals surface area contributed by atoms with E-state index < -0.39 is 35.2 Å². The lowest BCUT2D eigenvalue weighted by Crippen LogP contribution is -2.59. The molecule has 2 aromatic carbocycles. The average Bonchev–Trinajstić information content (AvgIpc) is 3.13. The molecule has 0 saturated heterocycles. The van der Waals surface area contributed by atoms with Crippen LogP contribution in [0.15, 0.2) is 48.5 Å². The Morgan fingerprint density at radius 1 is 0.231 bits per heavy atom. The molecule has 16 heteroatoms. The van der Waals surface area contributed by atoms with Gasteiger partial charge in [-0.1, -0.05) is 48.5 Å². The van der Waals surface area contributed by atoms with E-state index in [1.165, 1.54) is 0 Å². The SMILES string of the molecule is CCO[Si](OCC)(OCC)c1ccc([Si](OCC)(OCC)OCC)cc1.CCO[Si](OCC)(OCC)c1ccc([Si](OCC)(OCC)OCC)cc1. The summed E-state index contributed by atoms with van der Waals surface area (Å²) >= 11 is 0. The first-order valence-corrected chi connectivity index (χ1v) is 25.9. The molecule has 0 aliphatic heterocycles. The van der Waals surface area contributed by atoms with Crippen molar-refractivity contribution >= 4 is 56.0 Å². The number of benzene rings is 2. The largest absolute Gasteiger partial charge is 0.537 e. The smallest absolute Gasteiger partial charge is 0.370 e. The summed E-state index contributed by atoms with van der Waals surface area (Å²) in [7, 11) is -11.7. The molecule has 0 unspecified atom stereocenters. The van der Waals surface area contributed by atoms with E-state index >= 15 is 0 Å². The summed E-state index contributed by atoms with van der Waals surface area (Å²) in [5.41, 5.74) is 0. The van der Waals surface area contributed by atoms with Gasteiger partial charge in [0.2, 0.25) is 0 Å². The summed E-state index contributed by atoms with van der Waals surface area (Å²) in [5.74, 6) is 0. The molecule has 300 valence electrons. The van der Waals surface area contributed by atoms with Crippen LogP contribution < -0.4 is 20.7 Å². The van der Waals surface area contributed by atoms with Crippen molar-refractivity contribution in [3.63, 3.8) is 0 Å². The third kappa shape index (κ3) is 13.5. The maximum absolute atomic E-state index is 5.98. The summed E-state index contributed by atoms with van der Waals surface area (Å²) in [6.07, 6.45) is 0. The third-order valence-electron chi connectivity index (χ3n) is 7.20. The topological polar surface area (TPSA) is 111 Å². The standard InChI is InChI=1S/2C18H34O6Si2/c2*1-7-19-25(20-8-2,21-9-3)17-13-15-18(16-14-17)26(22-10-4,23-11-5)24-12-6/h2*13-16H,7-12H2,1-6H3. The molecule has 0 amide bonds. The Kier molecular flexibility index (Phi) is 25.0. The average molecular weight is 805 g/mol. The van der Waals surface area contributed by atoms with Gasteiger partial charge in [0.05, 0.1) is 0 Å². The molecule has 0 atom stereocenters. The molecule has 2 aromatic rings. The van der Waals surface area contributed by atoms with Crippen LogP contribution in [0.5, 0.6) is 0 Å². The third-order valence-corrected chi connectivity index (χ3v) is 19.4. The highest BCUT2D eigenvalue weighted by molar-refractivity contribution is 6.78. The Hall–Kier alpha value is -1.17. The van der Waals surface area contributed by atoms with Crippen molar-refractivity contribution in [1.29, 1.82) is 0 Å². The Morgan fingerprint density at radius 2 is 0.327 bits per heavy atom. The van der Waals surface area contributed by atoms with E-state index in [0.717, 1.165) is 20.7 Å². The van der Waals surface area contributed by atoms with Crippen LogP contribution in [0.1, 0.15) is 83.1 Å². The van der Waals surface area contributed by atoms with Gasteiger partial charge >= 0.3 is 35.2 Å². The van der Waals surface area contributed by atoms with Crippen molar-refractivity contribution in [3.05, 3.63) is 48.5 Å². The molecule has 0 aliphatic rings. The lowest BCUT2D eigenvalue weighted by molar-refractivity contribution is 0.0845. The van der Waals surface area contributed by atoms with Crippen LogP contribution in [0, 0.1) is 0 Å². The second-order valence-corrected chi connectivity index (χ2v) is 20.8. The van der Waals surface area contributed by atoms with Crippen molar-refractivity contribution < 1.29 is 53.1 Å². The van der Waals surface area contributed by atoms with Crippen LogP contribution in [0.2, 0.25) is 0 Å². The van der Waals surface area contributed by atoms with E-state index in [1.807, 2.05) is 132 Å². The lowest BCUT2D eigenvalue weighted by atomic mass is 10.4. The summed E-state index contributed by atoms with van der Waals surface area (Å²) in [6, 6.07) is 15.9. The van der Waals surface area contributed by atoms with Gasteiger partial charge in [-0.2, -0.15) is 0 Å². The van der Waals surface area contributed by atoms with Gasteiger partial charge in [-0.25, -0.2) is 0 Å². The van der Waals surface area contributed by atoms with E-state index in [0.29, 0.717) is 79.3 Å². The second kappa shape index (κ2) is 26.6. The van der Waals surface area contributed by atoms with Gasteiger partial charge in [-0.15, -0.1) is 0 Å². The molecular formula is C36H68O12Si4. The fourth-order valence-electron chi connectivity index (χ4n) is 5.54. The van der Waals surface area contributed by atoms with E-state index in [1.54, 1.807) is 0 Å². The van der Waals surface area contributed by atoms with Gasteiger partial charge in [0.25, 0.3) is 0 Å². The van der Waals surface area contributed by atoms with Crippen LogP contribution in [0.25, 0.3) is 0 Å². The van der Waals surface area contributed by atoms with Crippen LogP contribution in [-0.4, -0.2) is 115 Å². The van der Waals surface area contributed by atoms with Crippen LogP contribution in [0.3, 0.4) is 0 Å². The quantitative estimate of drug-likeness (QED) is 0.114. The monoisotopic (exact) mass is 804 g/mol. The predicted octanol–water partition coefficient (Wildman–Crippen LogP) is 4.39. The second-order valence-electron chi connectivity index (χ2n) is 10.6. The molecule has 0 saturated carbocycles. The molecule has 0 heterocycles. The van der Waals surface area contributed by atoms with Crippen molar-refractivity contribution in [2.75, 3.05) is 79.3 Å². The molecule has 0 aliphatic carbocycles.